The van der Waals surface area contributed by atoms with Crippen LogP contribution < -0.4 is 27.0 Å². The summed E-state index contributed by atoms with van der Waals surface area (Å²) in [6.07, 6.45) is 7.22. The van der Waals surface area contributed by atoms with E-state index in [2.05, 4.69) is 21.3 Å². The lowest BCUT2D eigenvalue weighted by atomic mass is 9.84. The van der Waals surface area contributed by atoms with E-state index in [0.29, 0.717) is 32.2 Å². The molecule has 1 aromatic rings. The number of urea groups is 1. The van der Waals surface area contributed by atoms with Gasteiger partial charge in [-0.1, -0.05) is 82.7 Å². The van der Waals surface area contributed by atoms with Crippen LogP contribution in [0.2, 0.25) is 0 Å². The molecule has 0 unspecified atom stereocenters. The summed E-state index contributed by atoms with van der Waals surface area (Å²) in [5.74, 6) is -3.73. The molecule has 0 aliphatic heterocycles. The standard InChI is InChI=1S/C31H49N5O7/c1-3-20(2)26(28(38)33-25(30(41)42)19-22-14-8-5-9-15-22)36-27(37)24(18-21-12-6-4-7-13-21)35-31(43)34-23(29(39)40)16-10-11-17-32/h5,8-9,14-15,20-21,23-26H,3-4,6-7,10-13,16-19,32H2,1-2H3,(H,33,38)(H,36,37)(H,39,40)(H,41,42)(H2,34,35,43)/t20-,23+,24-,25+,26+/m1/s1. The molecule has 1 aliphatic carbocycles. The van der Waals surface area contributed by atoms with Crippen molar-refractivity contribution in [2.24, 2.45) is 17.6 Å². The second-order valence-corrected chi connectivity index (χ2v) is 11.5. The third kappa shape index (κ3) is 12.6. The third-order valence-corrected chi connectivity index (χ3v) is 8.16. The summed E-state index contributed by atoms with van der Waals surface area (Å²) in [4.78, 5) is 63.7. The molecule has 1 fully saturated rings. The highest BCUT2D eigenvalue weighted by Gasteiger charge is 2.34. The molecule has 1 aromatic carbocycles. The molecule has 0 heterocycles. The SMILES string of the molecule is CC[C@@H](C)[C@H](NC(=O)[C@@H](CC1CCCCC1)NC(=O)N[C@@H](CCCCN)C(=O)O)C(=O)N[C@@H](Cc1ccccc1)C(=O)O. The monoisotopic (exact) mass is 603 g/mol. The van der Waals surface area contributed by atoms with Crippen LogP contribution in [-0.4, -0.2) is 70.7 Å². The Balaban J connectivity index is 2.18. The number of unbranched alkanes of at least 4 members (excludes halogenated alkanes) is 1. The number of amides is 4. The molecule has 0 spiro atoms. The Hall–Kier alpha value is -3.67. The number of hydrogen-bond acceptors (Lipinski definition) is 6. The second-order valence-electron chi connectivity index (χ2n) is 11.5. The van der Waals surface area contributed by atoms with Gasteiger partial charge in [-0.3, -0.25) is 9.59 Å². The molecule has 12 nitrogen and oxygen atoms in total. The van der Waals surface area contributed by atoms with E-state index >= 15 is 0 Å². The molecular weight excluding hydrogens is 554 g/mol. The van der Waals surface area contributed by atoms with Crippen LogP contribution in [0.5, 0.6) is 0 Å². The van der Waals surface area contributed by atoms with Crippen molar-refractivity contribution in [1.29, 1.82) is 0 Å². The fraction of sp³-hybridized carbons (Fsp3) is 0.645. The molecule has 1 saturated carbocycles. The maximum atomic E-state index is 13.6. The van der Waals surface area contributed by atoms with Gasteiger partial charge in [-0.25, -0.2) is 14.4 Å². The molecule has 0 saturated heterocycles. The van der Waals surface area contributed by atoms with Gasteiger partial charge in [-0.15, -0.1) is 0 Å². The first-order chi connectivity index (χ1) is 20.5. The van der Waals surface area contributed by atoms with Gasteiger partial charge in [0.1, 0.15) is 24.2 Å². The molecule has 0 aromatic heterocycles. The van der Waals surface area contributed by atoms with Crippen molar-refractivity contribution < 1.29 is 34.2 Å². The zero-order valence-electron chi connectivity index (χ0n) is 25.3. The number of carboxylic acid groups (broad SMARTS) is 2. The molecule has 2 rings (SSSR count). The van der Waals surface area contributed by atoms with Gasteiger partial charge in [0, 0.05) is 6.42 Å². The number of nitrogens with one attached hydrogen (secondary N) is 4. The number of rotatable bonds is 18. The summed E-state index contributed by atoms with van der Waals surface area (Å²) in [6.45, 7) is 4.05. The number of aliphatic carboxylic acids is 2. The predicted octanol–water partition coefficient (Wildman–Crippen LogP) is 2.55. The molecule has 43 heavy (non-hydrogen) atoms. The van der Waals surface area contributed by atoms with Crippen LogP contribution >= 0.6 is 0 Å². The van der Waals surface area contributed by atoms with Gasteiger partial charge in [0.05, 0.1) is 0 Å². The normalized spacial score (nSPS) is 17.0. The van der Waals surface area contributed by atoms with Gasteiger partial charge in [0.15, 0.2) is 0 Å². The van der Waals surface area contributed by atoms with Crippen molar-refractivity contribution in [3.05, 3.63) is 35.9 Å². The minimum atomic E-state index is -1.20. The Morgan fingerprint density at radius 1 is 0.837 bits per heavy atom. The van der Waals surface area contributed by atoms with E-state index in [1.807, 2.05) is 13.0 Å². The lowest BCUT2D eigenvalue weighted by Crippen LogP contribution is -2.59. The van der Waals surface area contributed by atoms with E-state index in [-0.39, 0.29) is 24.7 Å². The Bertz CT molecular complexity index is 1050. The molecule has 0 radical (unpaired) electrons. The van der Waals surface area contributed by atoms with Crippen molar-refractivity contribution in [2.75, 3.05) is 6.54 Å². The Labute approximate surface area is 253 Å². The summed E-state index contributed by atoms with van der Waals surface area (Å²) in [5.41, 5.74) is 6.24. The number of carbonyl (C=O) groups is 5. The molecule has 240 valence electrons. The van der Waals surface area contributed by atoms with Crippen LogP contribution in [0.4, 0.5) is 4.79 Å². The number of benzene rings is 1. The summed E-state index contributed by atoms with van der Waals surface area (Å²) >= 11 is 0. The van der Waals surface area contributed by atoms with Crippen molar-refractivity contribution in [1.82, 2.24) is 21.3 Å². The fourth-order valence-electron chi connectivity index (χ4n) is 5.36. The van der Waals surface area contributed by atoms with E-state index in [4.69, 9.17) is 5.73 Å². The minimum Gasteiger partial charge on any atom is -0.480 e. The second kappa shape index (κ2) is 18.8. The van der Waals surface area contributed by atoms with Crippen molar-refractivity contribution in [3.8, 4) is 0 Å². The maximum Gasteiger partial charge on any atom is 0.326 e. The molecular formula is C31H49N5O7. The minimum absolute atomic E-state index is 0.0745. The lowest BCUT2D eigenvalue weighted by Gasteiger charge is -2.30. The number of carbonyl (C=O) groups excluding carboxylic acids is 3. The van der Waals surface area contributed by atoms with Crippen LogP contribution in [0.15, 0.2) is 30.3 Å². The highest BCUT2D eigenvalue weighted by Crippen LogP contribution is 2.27. The van der Waals surface area contributed by atoms with Gasteiger partial charge in [0.2, 0.25) is 11.8 Å². The van der Waals surface area contributed by atoms with Gasteiger partial charge >= 0.3 is 18.0 Å². The Morgan fingerprint density at radius 2 is 1.47 bits per heavy atom. The zero-order valence-corrected chi connectivity index (χ0v) is 25.3. The van der Waals surface area contributed by atoms with Crippen molar-refractivity contribution in [2.45, 2.75) is 109 Å². The van der Waals surface area contributed by atoms with Crippen LogP contribution in [0.1, 0.15) is 83.6 Å². The summed E-state index contributed by atoms with van der Waals surface area (Å²) in [7, 11) is 0. The zero-order chi connectivity index (χ0) is 31.8. The smallest absolute Gasteiger partial charge is 0.326 e. The Morgan fingerprint density at radius 3 is 2.05 bits per heavy atom. The predicted molar refractivity (Wildman–Crippen MR) is 162 cm³/mol. The summed E-state index contributed by atoms with van der Waals surface area (Å²) in [6, 6.07) is 3.75. The average molecular weight is 604 g/mol. The number of hydrogen-bond donors (Lipinski definition) is 7. The summed E-state index contributed by atoms with van der Waals surface area (Å²) in [5, 5.41) is 29.8. The molecule has 8 N–H and O–H groups in total. The van der Waals surface area contributed by atoms with E-state index in [0.717, 1.165) is 37.7 Å². The van der Waals surface area contributed by atoms with E-state index < -0.39 is 54.0 Å². The lowest BCUT2D eigenvalue weighted by molar-refractivity contribution is -0.142. The van der Waals surface area contributed by atoms with Crippen LogP contribution in [-0.2, 0) is 25.6 Å². The van der Waals surface area contributed by atoms with Crippen molar-refractivity contribution in [3.63, 3.8) is 0 Å². The molecule has 12 heteroatoms. The summed E-state index contributed by atoms with van der Waals surface area (Å²) < 4.78 is 0. The van der Waals surface area contributed by atoms with Crippen molar-refractivity contribution >= 4 is 29.8 Å². The quantitative estimate of drug-likeness (QED) is 0.124. The first-order valence-electron chi connectivity index (χ1n) is 15.4. The van der Waals surface area contributed by atoms with Crippen LogP contribution in [0, 0.1) is 11.8 Å². The topological polar surface area (TPSA) is 200 Å². The third-order valence-electron chi connectivity index (χ3n) is 8.16. The highest BCUT2D eigenvalue weighted by molar-refractivity contribution is 5.94. The van der Waals surface area contributed by atoms with Gasteiger partial charge in [-0.05, 0) is 49.6 Å². The molecule has 5 atom stereocenters. The van der Waals surface area contributed by atoms with Crippen LogP contribution in [0.3, 0.4) is 0 Å². The maximum absolute atomic E-state index is 13.6. The number of nitrogens with two attached hydrogens (primary N) is 1. The van der Waals surface area contributed by atoms with E-state index in [1.165, 1.54) is 0 Å². The highest BCUT2D eigenvalue weighted by atomic mass is 16.4. The van der Waals surface area contributed by atoms with Gasteiger partial charge in [0.25, 0.3) is 0 Å². The molecule has 1 aliphatic rings. The van der Waals surface area contributed by atoms with Crippen LogP contribution in [0.25, 0.3) is 0 Å². The Kier molecular flexibility index (Phi) is 15.5. The largest absolute Gasteiger partial charge is 0.480 e. The van der Waals surface area contributed by atoms with E-state index in [9.17, 15) is 34.2 Å². The fourth-order valence-corrected chi connectivity index (χ4v) is 5.36. The number of carboxylic acids is 2. The van der Waals surface area contributed by atoms with Gasteiger partial charge < -0.3 is 37.2 Å². The van der Waals surface area contributed by atoms with Gasteiger partial charge in [-0.2, -0.15) is 0 Å². The first-order valence-corrected chi connectivity index (χ1v) is 15.4. The first kappa shape index (κ1) is 35.5. The molecule has 4 amide bonds. The average Bonchev–Trinajstić information content (AvgIpc) is 2.99. The molecule has 0 bridgehead atoms. The van der Waals surface area contributed by atoms with E-state index in [1.54, 1.807) is 31.2 Å².